The number of benzene rings is 2. The highest BCUT2D eigenvalue weighted by Gasteiger charge is 2.30. The van der Waals surface area contributed by atoms with E-state index in [9.17, 15) is 10.1 Å². The standard InChI is InChI=1S/C23H27N3O3/c1-4-28-21-12-17-10-11-26(15-19(17)13-22(21)29-5-2)16(3)23(27)25-20-9-7-6-8-18(20)14-24/h6-9,12-13,16H,4-5,10-11,15H2,1-3H3,(H,25,27)/p+1/t16-/m0/s1. The van der Waals surface area contributed by atoms with Crippen molar-refractivity contribution < 1.29 is 19.2 Å². The van der Waals surface area contributed by atoms with Crippen LogP contribution in [0.2, 0.25) is 0 Å². The lowest BCUT2D eigenvalue weighted by atomic mass is 9.97. The number of nitrogens with zero attached hydrogens (tertiary/aromatic N) is 1. The minimum absolute atomic E-state index is 0.0814. The zero-order valence-electron chi connectivity index (χ0n) is 17.2. The Morgan fingerprint density at radius 3 is 2.48 bits per heavy atom. The van der Waals surface area contributed by atoms with Crippen molar-refractivity contribution in [2.24, 2.45) is 0 Å². The highest BCUT2D eigenvalue weighted by molar-refractivity contribution is 5.94. The van der Waals surface area contributed by atoms with Gasteiger partial charge in [-0.1, -0.05) is 12.1 Å². The minimum atomic E-state index is -0.239. The van der Waals surface area contributed by atoms with Gasteiger partial charge in [0, 0.05) is 12.0 Å². The number of nitriles is 1. The van der Waals surface area contributed by atoms with Crippen LogP contribution in [-0.2, 0) is 17.8 Å². The molecule has 1 amide bonds. The molecule has 0 bridgehead atoms. The van der Waals surface area contributed by atoms with E-state index in [0.717, 1.165) is 31.0 Å². The van der Waals surface area contributed by atoms with Gasteiger partial charge in [-0.25, -0.2) is 0 Å². The van der Waals surface area contributed by atoms with E-state index >= 15 is 0 Å². The van der Waals surface area contributed by atoms with Crippen LogP contribution >= 0.6 is 0 Å². The molecule has 2 aromatic rings. The predicted octanol–water partition coefficient (Wildman–Crippen LogP) is 2.32. The van der Waals surface area contributed by atoms with Crippen LogP contribution in [0.3, 0.4) is 0 Å². The molecule has 0 radical (unpaired) electrons. The first-order chi connectivity index (χ1) is 14.1. The monoisotopic (exact) mass is 394 g/mol. The molecule has 2 N–H and O–H groups in total. The van der Waals surface area contributed by atoms with Crippen molar-refractivity contribution in [1.29, 1.82) is 5.26 Å². The van der Waals surface area contributed by atoms with Gasteiger partial charge in [-0.05, 0) is 50.6 Å². The van der Waals surface area contributed by atoms with Crippen LogP contribution < -0.4 is 19.7 Å². The molecule has 0 aromatic heterocycles. The summed E-state index contributed by atoms with van der Waals surface area (Å²) in [6.45, 7) is 8.63. The fraction of sp³-hybridized carbons (Fsp3) is 0.391. The maximum absolute atomic E-state index is 12.8. The number of para-hydroxylation sites is 1. The molecule has 1 aliphatic heterocycles. The molecule has 0 aliphatic carbocycles. The molecule has 0 saturated carbocycles. The van der Waals surface area contributed by atoms with E-state index in [0.29, 0.717) is 24.5 Å². The Morgan fingerprint density at radius 1 is 1.17 bits per heavy atom. The van der Waals surface area contributed by atoms with Crippen LogP contribution in [0.25, 0.3) is 0 Å². The minimum Gasteiger partial charge on any atom is -0.490 e. The quantitative estimate of drug-likeness (QED) is 0.756. The van der Waals surface area contributed by atoms with Gasteiger partial charge in [-0.15, -0.1) is 0 Å². The molecule has 0 saturated heterocycles. The van der Waals surface area contributed by atoms with Gasteiger partial charge in [0.1, 0.15) is 12.6 Å². The van der Waals surface area contributed by atoms with Gasteiger partial charge in [-0.3, -0.25) is 4.79 Å². The van der Waals surface area contributed by atoms with Crippen LogP contribution in [0, 0.1) is 11.3 Å². The molecular weight excluding hydrogens is 366 g/mol. The lowest BCUT2D eigenvalue weighted by Crippen LogP contribution is -3.16. The molecular formula is C23H28N3O3+. The zero-order valence-corrected chi connectivity index (χ0v) is 17.2. The second-order valence-electron chi connectivity index (χ2n) is 7.14. The van der Waals surface area contributed by atoms with Crippen molar-refractivity contribution in [2.75, 3.05) is 25.1 Å². The third-order valence-corrected chi connectivity index (χ3v) is 5.31. The number of hydrogen-bond acceptors (Lipinski definition) is 4. The molecule has 1 heterocycles. The average Bonchev–Trinajstić information content (AvgIpc) is 2.74. The van der Waals surface area contributed by atoms with E-state index in [-0.39, 0.29) is 11.9 Å². The Balaban J connectivity index is 1.74. The number of amides is 1. The number of carbonyl (C=O) groups is 1. The Kier molecular flexibility index (Phi) is 6.73. The van der Waals surface area contributed by atoms with Gasteiger partial charge < -0.3 is 19.7 Å². The third kappa shape index (κ3) is 4.69. The van der Waals surface area contributed by atoms with E-state index in [1.54, 1.807) is 18.2 Å². The number of quaternary nitrogens is 1. The smallest absolute Gasteiger partial charge is 0.282 e. The molecule has 2 aromatic carbocycles. The first-order valence-corrected chi connectivity index (χ1v) is 10.1. The fourth-order valence-corrected chi connectivity index (χ4v) is 3.69. The summed E-state index contributed by atoms with van der Waals surface area (Å²) >= 11 is 0. The van der Waals surface area contributed by atoms with Crippen LogP contribution in [0.5, 0.6) is 11.5 Å². The number of nitrogens with one attached hydrogen (secondary N) is 2. The number of fused-ring (bicyclic) bond motifs is 1. The summed E-state index contributed by atoms with van der Waals surface area (Å²) < 4.78 is 11.5. The summed E-state index contributed by atoms with van der Waals surface area (Å²) in [4.78, 5) is 14.0. The van der Waals surface area contributed by atoms with E-state index in [2.05, 4.69) is 23.5 Å². The third-order valence-electron chi connectivity index (χ3n) is 5.31. The summed E-state index contributed by atoms with van der Waals surface area (Å²) in [7, 11) is 0. The molecule has 0 fully saturated rings. The molecule has 3 rings (SSSR count). The lowest BCUT2D eigenvalue weighted by molar-refractivity contribution is -0.929. The molecule has 152 valence electrons. The maximum Gasteiger partial charge on any atom is 0.282 e. The highest BCUT2D eigenvalue weighted by atomic mass is 16.5. The SMILES string of the molecule is CCOc1cc2c(cc1OCC)C[NH+]([C@@H](C)C(=O)Nc1ccccc1C#N)CC2. The summed E-state index contributed by atoms with van der Waals surface area (Å²) in [5.74, 6) is 1.46. The Bertz CT molecular complexity index is 920. The van der Waals surface area contributed by atoms with Crippen molar-refractivity contribution in [3.63, 3.8) is 0 Å². The summed E-state index contributed by atoms with van der Waals surface area (Å²) in [5, 5.41) is 12.1. The first-order valence-electron chi connectivity index (χ1n) is 10.1. The van der Waals surface area contributed by atoms with Crippen LogP contribution in [0.4, 0.5) is 5.69 Å². The van der Waals surface area contributed by atoms with Crippen molar-refractivity contribution in [1.82, 2.24) is 0 Å². The van der Waals surface area contributed by atoms with Crippen LogP contribution in [0.15, 0.2) is 36.4 Å². The maximum atomic E-state index is 12.8. The molecule has 6 nitrogen and oxygen atoms in total. The topological polar surface area (TPSA) is 75.8 Å². The van der Waals surface area contributed by atoms with Gasteiger partial charge in [-0.2, -0.15) is 5.26 Å². The van der Waals surface area contributed by atoms with Gasteiger partial charge in [0.2, 0.25) is 0 Å². The van der Waals surface area contributed by atoms with Crippen LogP contribution in [0.1, 0.15) is 37.5 Å². The Hall–Kier alpha value is -3.04. The number of rotatable bonds is 7. The van der Waals surface area contributed by atoms with E-state index in [4.69, 9.17) is 9.47 Å². The van der Waals surface area contributed by atoms with Crippen molar-refractivity contribution in [3.8, 4) is 17.6 Å². The second kappa shape index (κ2) is 9.44. The molecule has 0 spiro atoms. The van der Waals surface area contributed by atoms with Gasteiger partial charge in [0.25, 0.3) is 5.91 Å². The number of ether oxygens (including phenoxy) is 2. The van der Waals surface area contributed by atoms with Crippen molar-refractivity contribution in [2.45, 2.75) is 39.8 Å². The molecule has 1 unspecified atom stereocenters. The summed E-state index contributed by atoms with van der Waals surface area (Å²) in [6.07, 6.45) is 0.879. The van der Waals surface area contributed by atoms with E-state index in [1.807, 2.05) is 26.8 Å². The van der Waals surface area contributed by atoms with Gasteiger partial charge in [0.15, 0.2) is 17.5 Å². The number of hydrogen-bond donors (Lipinski definition) is 2. The Labute approximate surface area is 172 Å². The van der Waals surface area contributed by atoms with Crippen molar-refractivity contribution in [3.05, 3.63) is 53.1 Å². The lowest BCUT2D eigenvalue weighted by Gasteiger charge is -2.30. The molecule has 2 atom stereocenters. The fourth-order valence-electron chi connectivity index (χ4n) is 3.69. The van der Waals surface area contributed by atoms with Crippen LogP contribution in [-0.4, -0.2) is 31.7 Å². The van der Waals surface area contributed by atoms with Crippen molar-refractivity contribution >= 4 is 11.6 Å². The zero-order chi connectivity index (χ0) is 20.8. The summed E-state index contributed by atoms with van der Waals surface area (Å²) in [5.41, 5.74) is 3.47. The number of carbonyl (C=O) groups excluding carboxylic acids is 1. The van der Waals surface area contributed by atoms with Gasteiger partial charge >= 0.3 is 0 Å². The van der Waals surface area contributed by atoms with Gasteiger partial charge in [0.05, 0.1) is 31.0 Å². The predicted molar refractivity (Wildman–Crippen MR) is 111 cm³/mol. The highest BCUT2D eigenvalue weighted by Crippen LogP contribution is 2.32. The molecule has 6 heteroatoms. The first kappa shape index (κ1) is 20.7. The molecule has 29 heavy (non-hydrogen) atoms. The average molecular weight is 394 g/mol. The summed E-state index contributed by atoms with van der Waals surface area (Å²) in [6, 6.07) is 13.1. The normalized spacial score (nSPS) is 16.3. The number of anilines is 1. The molecule has 1 aliphatic rings. The Morgan fingerprint density at radius 2 is 1.83 bits per heavy atom. The second-order valence-corrected chi connectivity index (χ2v) is 7.14. The van der Waals surface area contributed by atoms with E-state index < -0.39 is 0 Å². The van der Waals surface area contributed by atoms with E-state index in [1.165, 1.54) is 16.0 Å². The largest absolute Gasteiger partial charge is 0.490 e.